The lowest BCUT2D eigenvalue weighted by atomic mass is 10.2. The van der Waals surface area contributed by atoms with Crippen LogP contribution < -0.4 is 4.90 Å². The zero-order chi connectivity index (χ0) is 13.7. The van der Waals surface area contributed by atoms with Crippen LogP contribution in [0.2, 0.25) is 0 Å². The van der Waals surface area contributed by atoms with Crippen LogP contribution in [-0.2, 0) is 6.54 Å². The molecular formula is C12H19N6S+. The highest BCUT2D eigenvalue weighted by atomic mass is 32.2. The summed E-state index contributed by atoms with van der Waals surface area (Å²) in [6.07, 6.45) is 5.59. The number of nitrogens with one attached hydrogen (secondary N) is 2. The molecule has 0 radical (unpaired) electrons. The van der Waals surface area contributed by atoms with E-state index in [2.05, 4.69) is 26.8 Å². The quantitative estimate of drug-likeness (QED) is 0.440. The van der Waals surface area contributed by atoms with Gasteiger partial charge in [-0.1, -0.05) is 11.8 Å². The van der Waals surface area contributed by atoms with E-state index < -0.39 is 0 Å². The van der Waals surface area contributed by atoms with Gasteiger partial charge in [0.05, 0.1) is 32.5 Å². The second-order valence-corrected chi connectivity index (χ2v) is 5.36. The SMILES string of the molecule is CSC(=NC#N)N1CC[NH+](Cc2nc[nH]c2C)CC1. The van der Waals surface area contributed by atoms with E-state index in [1.54, 1.807) is 6.33 Å². The molecule has 1 fully saturated rings. The van der Waals surface area contributed by atoms with Gasteiger partial charge in [-0.2, -0.15) is 5.26 Å². The number of rotatable bonds is 2. The summed E-state index contributed by atoms with van der Waals surface area (Å²) < 4.78 is 0. The molecule has 1 saturated heterocycles. The Morgan fingerprint density at radius 2 is 2.37 bits per heavy atom. The highest BCUT2D eigenvalue weighted by Crippen LogP contribution is 2.05. The first-order valence-corrected chi connectivity index (χ1v) is 7.55. The maximum absolute atomic E-state index is 8.66. The maximum Gasteiger partial charge on any atom is 0.208 e. The largest absolute Gasteiger partial charge is 0.348 e. The molecule has 2 rings (SSSR count). The molecule has 102 valence electrons. The number of amidine groups is 1. The van der Waals surface area contributed by atoms with Gasteiger partial charge in [0.15, 0.2) is 5.17 Å². The molecule has 6 nitrogen and oxygen atoms in total. The maximum atomic E-state index is 8.66. The van der Waals surface area contributed by atoms with Crippen LogP contribution in [0, 0.1) is 18.4 Å². The van der Waals surface area contributed by atoms with E-state index in [9.17, 15) is 0 Å². The van der Waals surface area contributed by atoms with Gasteiger partial charge in [-0.15, -0.1) is 4.99 Å². The van der Waals surface area contributed by atoms with Crippen molar-refractivity contribution in [3.63, 3.8) is 0 Å². The Morgan fingerprint density at radius 3 is 2.89 bits per heavy atom. The Morgan fingerprint density at radius 1 is 1.63 bits per heavy atom. The van der Waals surface area contributed by atoms with Crippen molar-refractivity contribution >= 4 is 16.9 Å². The van der Waals surface area contributed by atoms with E-state index in [1.807, 2.05) is 12.4 Å². The minimum absolute atomic E-state index is 0.831. The van der Waals surface area contributed by atoms with Crippen molar-refractivity contribution in [3.8, 4) is 6.19 Å². The fraction of sp³-hybridized carbons (Fsp3) is 0.583. The van der Waals surface area contributed by atoms with Crippen LogP contribution in [0.1, 0.15) is 11.4 Å². The lowest BCUT2D eigenvalue weighted by Gasteiger charge is -2.32. The first-order valence-electron chi connectivity index (χ1n) is 6.32. The number of aromatic amines is 1. The zero-order valence-corrected chi connectivity index (χ0v) is 12.1. The number of nitriles is 1. The van der Waals surface area contributed by atoms with Crippen molar-refractivity contribution in [2.45, 2.75) is 13.5 Å². The first kappa shape index (κ1) is 13.9. The van der Waals surface area contributed by atoms with Crippen LogP contribution >= 0.6 is 11.8 Å². The van der Waals surface area contributed by atoms with Crippen molar-refractivity contribution in [3.05, 3.63) is 17.7 Å². The van der Waals surface area contributed by atoms with E-state index in [-0.39, 0.29) is 0 Å². The number of thioether (sulfide) groups is 1. The van der Waals surface area contributed by atoms with E-state index in [4.69, 9.17) is 5.26 Å². The number of aliphatic imine (C=N–C) groups is 1. The average Bonchev–Trinajstić information content (AvgIpc) is 2.83. The Hall–Kier alpha value is -1.52. The van der Waals surface area contributed by atoms with E-state index >= 15 is 0 Å². The number of aryl methyl sites for hydroxylation is 1. The van der Waals surface area contributed by atoms with Gasteiger partial charge in [-0.25, -0.2) is 4.98 Å². The average molecular weight is 279 g/mol. The van der Waals surface area contributed by atoms with Crippen molar-refractivity contribution in [1.82, 2.24) is 14.9 Å². The summed E-state index contributed by atoms with van der Waals surface area (Å²) in [6.45, 7) is 7.02. The van der Waals surface area contributed by atoms with Crippen LogP contribution in [0.25, 0.3) is 0 Å². The summed E-state index contributed by atoms with van der Waals surface area (Å²) in [5.41, 5.74) is 2.31. The third kappa shape index (κ3) is 3.49. The van der Waals surface area contributed by atoms with Crippen LogP contribution in [0.15, 0.2) is 11.3 Å². The van der Waals surface area contributed by atoms with Gasteiger partial charge in [0.1, 0.15) is 12.2 Å². The lowest BCUT2D eigenvalue weighted by molar-refractivity contribution is -0.917. The molecule has 1 aromatic rings. The van der Waals surface area contributed by atoms with Crippen molar-refractivity contribution in [2.24, 2.45) is 4.99 Å². The smallest absolute Gasteiger partial charge is 0.208 e. The molecule has 1 aromatic heterocycles. The lowest BCUT2D eigenvalue weighted by Crippen LogP contribution is -3.13. The Kier molecular flexibility index (Phi) is 4.82. The van der Waals surface area contributed by atoms with Crippen molar-refractivity contribution in [1.29, 1.82) is 5.26 Å². The number of piperazine rings is 1. The topological polar surface area (TPSA) is 72.5 Å². The molecule has 2 N–H and O–H groups in total. The van der Waals surface area contributed by atoms with E-state index in [1.165, 1.54) is 16.7 Å². The second-order valence-electron chi connectivity index (χ2n) is 4.59. The van der Waals surface area contributed by atoms with Crippen LogP contribution in [0.4, 0.5) is 0 Å². The van der Waals surface area contributed by atoms with Crippen molar-refractivity contribution in [2.75, 3.05) is 32.4 Å². The molecule has 0 spiro atoms. The Labute approximate surface area is 117 Å². The third-order valence-electron chi connectivity index (χ3n) is 3.42. The normalized spacial score (nSPS) is 17.5. The Balaban J connectivity index is 1.88. The van der Waals surface area contributed by atoms with Crippen LogP contribution in [-0.4, -0.2) is 52.5 Å². The summed E-state index contributed by atoms with van der Waals surface area (Å²) >= 11 is 1.54. The van der Waals surface area contributed by atoms with Gasteiger partial charge in [-0.05, 0) is 13.2 Å². The number of H-pyrrole nitrogens is 1. The summed E-state index contributed by atoms with van der Waals surface area (Å²) in [4.78, 5) is 15.1. The molecule has 1 aliphatic rings. The van der Waals surface area contributed by atoms with Crippen LogP contribution in [0.3, 0.4) is 0 Å². The van der Waals surface area contributed by atoms with Gasteiger partial charge in [-0.3, -0.25) is 0 Å². The van der Waals surface area contributed by atoms with Gasteiger partial charge in [0.25, 0.3) is 0 Å². The molecule has 1 aliphatic heterocycles. The van der Waals surface area contributed by atoms with Gasteiger partial charge < -0.3 is 14.8 Å². The fourth-order valence-corrected chi connectivity index (χ4v) is 2.85. The summed E-state index contributed by atoms with van der Waals surface area (Å²) in [6, 6.07) is 0. The number of imidazole rings is 1. The predicted octanol–water partition coefficient (Wildman–Crippen LogP) is -0.381. The third-order valence-corrected chi connectivity index (χ3v) is 4.14. The van der Waals surface area contributed by atoms with Crippen molar-refractivity contribution < 1.29 is 4.90 Å². The molecule has 0 saturated carbocycles. The molecule has 0 amide bonds. The molecule has 2 heterocycles. The van der Waals surface area contributed by atoms with Crippen LogP contribution in [0.5, 0.6) is 0 Å². The Bertz CT molecular complexity index is 481. The van der Waals surface area contributed by atoms with E-state index in [0.29, 0.717) is 0 Å². The standard InChI is InChI=1S/C12H18N6S/c1-10-11(16-9-15-10)7-17-3-5-18(6-4-17)12(19-2)14-8-13/h9H,3-7H2,1-2H3,(H,15,16)/p+1. The summed E-state index contributed by atoms with van der Waals surface area (Å²) in [5, 5.41) is 9.49. The highest BCUT2D eigenvalue weighted by Gasteiger charge is 2.23. The highest BCUT2D eigenvalue weighted by molar-refractivity contribution is 8.13. The summed E-state index contributed by atoms with van der Waals surface area (Å²) in [5.74, 6) is 0. The number of quaternary nitrogens is 1. The molecule has 0 aliphatic carbocycles. The minimum atomic E-state index is 0.831. The van der Waals surface area contributed by atoms with Gasteiger partial charge >= 0.3 is 0 Å². The number of aromatic nitrogens is 2. The molecule has 0 aromatic carbocycles. The molecule has 0 atom stereocenters. The fourth-order valence-electron chi connectivity index (χ4n) is 2.28. The molecule has 19 heavy (non-hydrogen) atoms. The van der Waals surface area contributed by atoms with Gasteiger partial charge in [0, 0.05) is 5.69 Å². The number of hydrogen-bond donors (Lipinski definition) is 2. The molecule has 0 unspecified atom stereocenters. The molecular weight excluding hydrogens is 260 g/mol. The number of nitrogens with zero attached hydrogens (tertiary/aromatic N) is 4. The first-order chi connectivity index (χ1) is 9.24. The monoisotopic (exact) mass is 279 g/mol. The summed E-state index contributed by atoms with van der Waals surface area (Å²) in [7, 11) is 0. The number of hydrogen-bond acceptors (Lipinski definition) is 4. The predicted molar refractivity (Wildman–Crippen MR) is 75.9 cm³/mol. The second kappa shape index (κ2) is 6.59. The molecule has 7 heteroatoms. The minimum Gasteiger partial charge on any atom is -0.348 e. The zero-order valence-electron chi connectivity index (χ0n) is 11.3. The van der Waals surface area contributed by atoms with Gasteiger partial charge in [0.2, 0.25) is 6.19 Å². The van der Waals surface area contributed by atoms with E-state index in [0.717, 1.165) is 49.3 Å². The molecule has 0 bridgehead atoms.